The first kappa shape index (κ1) is 19.5. The summed E-state index contributed by atoms with van der Waals surface area (Å²) in [7, 11) is 0. The van der Waals surface area contributed by atoms with Crippen molar-refractivity contribution in [2.45, 2.75) is 58.5 Å². The van der Waals surface area contributed by atoms with Crippen LogP contribution in [0.15, 0.2) is 24.3 Å². The van der Waals surface area contributed by atoms with Gasteiger partial charge in [-0.2, -0.15) is 0 Å². The molecule has 0 saturated carbocycles. The van der Waals surface area contributed by atoms with Crippen molar-refractivity contribution in [2.24, 2.45) is 11.3 Å². The van der Waals surface area contributed by atoms with Crippen LogP contribution in [0.5, 0.6) is 0 Å². The van der Waals surface area contributed by atoms with Gasteiger partial charge in [0.05, 0.1) is 0 Å². The maximum Gasteiger partial charge on any atom is 0.249 e. The molecule has 2 fully saturated rings. The molecule has 0 spiro atoms. The van der Waals surface area contributed by atoms with E-state index in [9.17, 15) is 4.79 Å². The van der Waals surface area contributed by atoms with Gasteiger partial charge in [-0.3, -0.25) is 4.79 Å². The quantitative estimate of drug-likeness (QED) is 0.831. The normalized spacial score (nSPS) is 30.3. The lowest BCUT2D eigenvalue weighted by Gasteiger charge is -2.53. The highest BCUT2D eigenvalue weighted by molar-refractivity contribution is 6.30. The summed E-state index contributed by atoms with van der Waals surface area (Å²) in [6.45, 7) is 11.5. The Bertz CT molecular complexity index is 657. The number of benzene rings is 1. The highest BCUT2D eigenvalue weighted by Gasteiger charge is 2.53. The minimum absolute atomic E-state index is 0.212. The standard InChI is InChI=1S/C21H32ClN3O/c1-15-9-11-23-14-18(15)25-12-6-10-21(19(25)26,20(2,3)4)24-17-8-5-7-16(22)13-17/h5,7-8,13,15,18,23-24H,6,9-12,14H2,1-4H3/t15-,18-,21?/m1/s1. The van der Waals surface area contributed by atoms with Crippen molar-refractivity contribution in [1.29, 1.82) is 0 Å². The van der Waals surface area contributed by atoms with E-state index in [0.717, 1.165) is 44.6 Å². The van der Waals surface area contributed by atoms with E-state index in [2.05, 4.69) is 43.2 Å². The molecule has 144 valence electrons. The number of nitrogens with zero attached hydrogens (tertiary/aromatic N) is 1. The molecule has 1 aromatic rings. The second kappa shape index (κ2) is 7.40. The molecule has 2 saturated heterocycles. The number of hydrogen-bond acceptors (Lipinski definition) is 3. The molecule has 4 nitrogen and oxygen atoms in total. The van der Waals surface area contributed by atoms with Gasteiger partial charge in [-0.25, -0.2) is 0 Å². The molecular formula is C21H32ClN3O. The fourth-order valence-electron chi connectivity index (χ4n) is 4.49. The Hall–Kier alpha value is -1.26. The van der Waals surface area contributed by atoms with Crippen LogP contribution < -0.4 is 10.6 Å². The van der Waals surface area contributed by atoms with Crippen LogP contribution in [0.25, 0.3) is 0 Å². The van der Waals surface area contributed by atoms with E-state index in [-0.39, 0.29) is 17.4 Å². The van der Waals surface area contributed by atoms with E-state index < -0.39 is 5.54 Å². The van der Waals surface area contributed by atoms with Crippen LogP contribution in [-0.2, 0) is 4.79 Å². The van der Waals surface area contributed by atoms with E-state index in [4.69, 9.17) is 11.6 Å². The minimum Gasteiger partial charge on any atom is -0.371 e. The predicted molar refractivity (Wildman–Crippen MR) is 109 cm³/mol. The molecule has 0 bridgehead atoms. The van der Waals surface area contributed by atoms with Gasteiger partial charge in [-0.15, -0.1) is 0 Å². The Morgan fingerprint density at radius 3 is 2.77 bits per heavy atom. The molecule has 1 aromatic carbocycles. The van der Waals surface area contributed by atoms with E-state index in [1.54, 1.807) is 0 Å². The van der Waals surface area contributed by atoms with Crippen molar-refractivity contribution in [2.75, 3.05) is 25.0 Å². The molecular weight excluding hydrogens is 346 g/mol. The summed E-state index contributed by atoms with van der Waals surface area (Å²) in [5.74, 6) is 0.763. The number of anilines is 1. The van der Waals surface area contributed by atoms with Gasteiger partial charge in [0.25, 0.3) is 0 Å². The molecule has 5 heteroatoms. The highest BCUT2D eigenvalue weighted by Crippen LogP contribution is 2.42. The van der Waals surface area contributed by atoms with Crippen molar-refractivity contribution >= 4 is 23.2 Å². The first-order valence-electron chi connectivity index (χ1n) is 9.80. The first-order valence-corrected chi connectivity index (χ1v) is 10.2. The van der Waals surface area contributed by atoms with Crippen LogP contribution in [-0.4, -0.2) is 42.0 Å². The fourth-order valence-corrected chi connectivity index (χ4v) is 4.68. The van der Waals surface area contributed by atoms with Crippen molar-refractivity contribution < 1.29 is 4.79 Å². The second-order valence-corrected chi connectivity index (χ2v) is 9.37. The summed E-state index contributed by atoms with van der Waals surface area (Å²) < 4.78 is 0. The molecule has 1 unspecified atom stereocenters. The molecule has 2 aliphatic rings. The molecule has 3 rings (SSSR count). The van der Waals surface area contributed by atoms with Crippen molar-refractivity contribution in [3.05, 3.63) is 29.3 Å². The zero-order valence-electron chi connectivity index (χ0n) is 16.4. The Morgan fingerprint density at radius 1 is 1.35 bits per heavy atom. The summed E-state index contributed by atoms with van der Waals surface area (Å²) in [4.78, 5) is 16.0. The van der Waals surface area contributed by atoms with Gasteiger partial charge in [-0.1, -0.05) is 45.4 Å². The van der Waals surface area contributed by atoms with Crippen LogP contribution in [0, 0.1) is 11.3 Å². The number of hydrogen-bond donors (Lipinski definition) is 2. The smallest absolute Gasteiger partial charge is 0.249 e. The van der Waals surface area contributed by atoms with E-state index in [1.165, 1.54) is 0 Å². The van der Waals surface area contributed by atoms with Gasteiger partial charge >= 0.3 is 0 Å². The third-order valence-corrected chi connectivity index (χ3v) is 6.46. The van der Waals surface area contributed by atoms with Crippen molar-refractivity contribution in [3.63, 3.8) is 0 Å². The number of carbonyl (C=O) groups is 1. The van der Waals surface area contributed by atoms with Crippen molar-refractivity contribution in [3.8, 4) is 0 Å². The minimum atomic E-state index is -0.618. The first-order chi connectivity index (χ1) is 12.2. The number of carbonyl (C=O) groups excluding carboxylic acids is 1. The maximum absolute atomic E-state index is 13.8. The average Bonchev–Trinajstić information content (AvgIpc) is 2.57. The van der Waals surface area contributed by atoms with Gasteiger partial charge in [0.15, 0.2) is 0 Å². The van der Waals surface area contributed by atoms with Gasteiger partial charge < -0.3 is 15.5 Å². The summed E-state index contributed by atoms with van der Waals surface area (Å²) in [5.41, 5.74) is 0.0844. The van der Waals surface area contributed by atoms with Gasteiger partial charge in [0.1, 0.15) is 5.54 Å². The topological polar surface area (TPSA) is 44.4 Å². The zero-order chi connectivity index (χ0) is 18.9. The zero-order valence-corrected chi connectivity index (χ0v) is 17.2. The molecule has 0 aliphatic carbocycles. The number of nitrogens with one attached hydrogen (secondary N) is 2. The van der Waals surface area contributed by atoms with Crippen LogP contribution >= 0.6 is 11.6 Å². The SMILES string of the molecule is C[C@@H]1CCNC[C@H]1N1CCCC(Nc2cccc(Cl)c2)(C(C)(C)C)C1=O. The molecule has 2 aliphatic heterocycles. The van der Waals surface area contributed by atoms with Gasteiger partial charge in [0.2, 0.25) is 5.91 Å². The molecule has 0 aromatic heterocycles. The predicted octanol–water partition coefficient (Wildman–Crippen LogP) is 4.16. The lowest BCUT2D eigenvalue weighted by atomic mass is 9.67. The molecule has 2 heterocycles. The van der Waals surface area contributed by atoms with Crippen molar-refractivity contribution in [1.82, 2.24) is 10.2 Å². The lowest BCUT2D eigenvalue weighted by molar-refractivity contribution is -0.148. The number of rotatable bonds is 3. The summed E-state index contributed by atoms with van der Waals surface area (Å²) in [5, 5.41) is 7.77. The van der Waals surface area contributed by atoms with E-state index in [1.807, 2.05) is 24.3 Å². The molecule has 3 atom stereocenters. The molecule has 0 radical (unpaired) electrons. The number of piperidine rings is 2. The Labute approximate surface area is 162 Å². The van der Waals surface area contributed by atoms with E-state index >= 15 is 0 Å². The molecule has 26 heavy (non-hydrogen) atoms. The van der Waals surface area contributed by atoms with Crippen LogP contribution in [0.2, 0.25) is 5.02 Å². The number of likely N-dealkylation sites (tertiary alicyclic amines) is 1. The Morgan fingerprint density at radius 2 is 2.12 bits per heavy atom. The third kappa shape index (κ3) is 3.59. The monoisotopic (exact) mass is 377 g/mol. The average molecular weight is 378 g/mol. The maximum atomic E-state index is 13.8. The second-order valence-electron chi connectivity index (χ2n) is 8.93. The highest BCUT2D eigenvalue weighted by atomic mass is 35.5. The van der Waals surface area contributed by atoms with Gasteiger partial charge in [-0.05, 0) is 55.3 Å². The molecule has 1 amide bonds. The lowest BCUT2D eigenvalue weighted by Crippen LogP contribution is -2.67. The number of halogens is 1. The Balaban J connectivity index is 1.94. The van der Waals surface area contributed by atoms with Crippen LogP contribution in [0.3, 0.4) is 0 Å². The van der Waals surface area contributed by atoms with E-state index in [0.29, 0.717) is 10.9 Å². The summed E-state index contributed by atoms with van der Waals surface area (Å²) in [6.07, 6.45) is 2.98. The fraction of sp³-hybridized carbons (Fsp3) is 0.667. The third-order valence-electron chi connectivity index (χ3n) is 6.23. The molecule has 2 N–H and O–H groups in total. The van der Waals surface area contributed by atoms with Gasteiger partial charge in [0, 0.05) is 29.8 Å². The largest absolute Gasteiger partial charge is 0.371 e. The Kier molecular flexibility index (Phi) is 5.55. The summed E-state index contributed by atoms with van der Waals surface area (Å²) >= 11 is 6.18. The number of amides is 1. The summed E-state index contributed by atoms with van der Waals surface area (Å²) in [6, 6.07) is 7.97. The van der Waals surface area contributed by atoms with Crippen LogP contribution in [0.1, 0.15) is 47.0 Å². The van der Waals surface area contributed by atoms with Crippen LogP contribution in [0.4, 0.5) is 5.69 Å².